The topological polar surface area (TPSA) is 89.1 Å². The van der Waals surface area contributed by atoms with Gasteiger partial charge in [0.25, 0.3) is 0 Å². The highest BCUT2D eigenvalue weighted by Gasteiger charge is 2.20. The third-order valence-electron chi connectivity index (χ3n) is 4.71. The number of nitrogens with one attached hydrogen (secondary N) is 1. The highest BCUT2D eigenvalue weighted by Crippen LogP contribution is 2.33. The molecule has 0 aliphatic rings. The summed E-state index contributed by atoms with van der Waals surface area (Å²) < 4.78 is 28.2. The Morgan fingerprint density at radius 2 is 1.86 bits per heavy atom. The fourth-order valence-corrected chi connectivity index (χ4v) is 3.95. The van der Waals surface area contributed by atoms with Gasteiger partial charge in [-0.1, -0.05) is 26.0 Å². The predicted molar refractivity (Wildman–Crippen MR) is 108 cm³/mol. The van der Waals surface area contributed by atoms with Gasteiger partial charge in [0, 0.05) is 29.5 Å². The second kappa shape index (κ2) is 7.75. The number of carbonyl (C=O) groups excluding carboxylic acids is 1. The van der Waals surface area contributed by atoms with Crippen LogP contribution >= 0.6 is 0 Å². The van der Waals surface area contributed by atoms with Crippen LogP contribution in [0.2, 0.25) is 0 Å². The van der Waals surface area contributed by atoms with E-state index in [1.54, 1.807) is 18.2 Å². The molecule has 0 spiro atoms. The van der Waals surface area contributed by atoms with Gasteiger partial charge in [-0.15, -0.1) is 0 Å². The highest BCUT2D eigenvalue weighted by molar-refractivity contribution is 7.90. The largest absolute Gasteiger partial charge is 0.465 e. The van der Waals surface area contributed by atoms with E-state index < -0.39 is 15.8 Å². The molecule has 0 fully saturated rings. The molecule has 1 N–H and O–H groups in total. The molecule has 0 radical (unpaired) electrons. The van der Waals surface area contributed by atoms with Gasteiger partial charge < -0.3 is 9.72 Å². The van der Waals surface area contributed by atoms with Crippen LogP contribution < -0.4 is 0 Å². The van der Waals surface area contributed by atoms with Gasteiger partial charge in [-0.25, -0.2) is 18.2 Å². The van der Waals surface area contributed by atoms with Crippen molar-refractivity contribution >= 4 is 26.8 Å². The standard InChI is InChI=1S/C21H24N2O4S/c1-13(2)9-18(14-5-7-17(8-6-14)28(4,25)26)19-11-15-10-16(21(24)27-3)12-22-20(15)23-19/h5-8,10-13,18H,9H2,1-4H3,(H,22,23). The Morgan fingerprint density at radius 3 is 2.43 bits per heavy atom. The lowest BCUT2D eigenvalue weighted by atomic mass is 9.88. The summed E-state index contributed by atoms with van der Waals surface area (Å²) in [6.07, 6.45) is 3.58. The number of nitrogens with zero attached hydrogens (tertiary/aromatic N) is 1. The van der Waals surface area contributed by atoms with Gasteiger partial charge in [0.2, 0.25) is 0 Å². The number of hydrogen-bond donors (Lipinski definition) is 1. The van der Waals surface area contributed by atoms with Crippen LogP contribution in [0, 0.1) is 5.92 Å². The van der Waals surface area contributed by atoms with E-state index in [1.165, 1.54) is 19.6 Å². The quantitative estimate of drug-likeness (QED) is 0.633. The molecule has 1 aromatic carbocycles. The first kappa shape index (κ1) is 20.1. The van der Waals surface area contributed by atoms with E-state index in [2.05, 4.69) is 23.8 Å². The van der Waals surface area contributed by atoms with Gasteiger partial charge in [0.05, 0.1) is 17.6 Å². The van der Waals surface area contributed by atoms with Gasteiger partial charge in [-0.05, 0) is 42.2 Å². The van der Waals surface area contributed by atoms with Gasteiger partial charge in [0.1, 0.15) is 5.65 Å². The monoisotopic (exact) mass is 400 g/mol. The number of aromatic amines is 1. The number of sulfone groups is 1. The van der Waals surface area contributed by atoms with Crippen molar-refractivity contribution in [2.24, 2.45) is 5.92 Å². The van der Waals surface area contributed by atoms with Crippen molar-refractivity contribution in [3.63, 3.8) is 0 Å². The third-order valence-corrected chi connectivity index (χ3v) is 5.83. The van der Waals surface area contributed by atoms with Crippen LogP contribution in [-0.4, -0.2) is 37.7 Å². The molecule has 2 aromatic heterocycles. The average Bonchev–Trinajstić information content (AvgIpc) is 3.07. The van der Waals surface area contributed by atoms with Crippen molar-refractivity contribution in [3.8, 4) is 0 Å². The minimum absolute atomic E-state index is 0.0596. The molecular formula is C21H24N2O4S. The second-order valence-corrected chi connectivity index (χ2v) is 9.42. The fraction of sp³-hybridized carbons (Fsp3) is 0.333. The van der Waals surface area contributed by atoms with E-state index in [0.717, 1.165) is 23.1 Å². The molecule has 0 aliphatic heterocycles. The number of fused-ring (bicyclic) bond motifs is 1. The van der Waals surface area contributed by atoms with E-state index in [9.17, 15) is 13.2 Å². The van der Waals surface area contributed by atoms with Crippen LogP contribution in [0.4, 0.5) is 0 Å². The Labute approximate surface area is 164 Å². The van der Waals surface area contributed by atoms with Crippen molar-refractivity contribution in [1.82, 2.24) is 9.97 Å². The number of H-pyrrole nitrogens is 1. The number of esters is 1. The summed E-state index contributed by atoms with van der Waals surface area (Å²) >= 11 is 0. The summed E-state index contributed by atoms with van der Waals surface area (Å²) in [7, 11) is -1.89. The fourth-order valence-electron chi connectivity index (χ4n) is 3.32. The Bertz CT molecular complexity index is 1100. The molecule has 1 unspecified atom stereocenters. The number of benzene rings is 1. The zero-order valence-corrected chi connectivity index (χ0v) is 17.2. The van der Waals surface area contributed by atoms with Crippen LogP contribution in [0.3, 0.4) is 0 Å². The molecule has 6 nitrogen and oxygen atoms in total. The average molecular weight is 401 g/mol. The van der Waals surface area contributed by atoms with Gasteiger partial charge in [-0.2, -0.15) is 0 Å². The highest BCUT2D eigenvalue weighted by atomic mass is 32.2. The van der Waals surface area contributed by atoms with E-state index in [1.807, 2.05) is 18.2 Å². The lowest BCUT2D eigenvalue weighted by Crippen LogP contribution is -2.06. The smallest absolute Gasteiger partial charge is 0.339 e. The summed E-state index contributed by atoms with van der Waals surface area (Å²) in [6, 6.07) is 10.8. The van der Waals surface area contributed by atoms with E-state index in [-0.39, 0.29) is 5.92 Å². The zero-order valence-electron chi connectivity index (χ0n) is 16.4. The summed E-state index contributed by atoms with van der Waals surface area (Å²) in [5.41, 5.74) is 3.11. The Hall–Kier alpha value is -2.67. The molecule has 7 heteroatoms. The zero-order chi connectivity index (χ0) is 20.5. The first-order valence-corrected chi connectivity index (χ1v) is 10.9. The van der Waals surface area contributed by atoms with Gasteiger partial charge in [0.15, 0.2) is 9.84 Å². The van der Waals surface area contributed by atoms with Crippen LogP contribution in [0.5, 0.6) is 0 Å². The molecular weight excluding hydrogens is 376 g/mol. The lowest BCUT2D eigenvalue weighted by Gasteiger charge is -2.19. The minimum Gasteiger partial charge on any atom is -0.465 e. The Balaban J connectivity index is 2.03. The number of ether oxygens (including phenoxy) is 1. The summed E-state index contributed by atoms with van der Waals surface area (Å²) in [5, 5.41) is 0.833. The predicted octanol–water partition coefficient (Wildman–Crippen LogP) is 3.93. The van der Waals surface area contributed by atoms with Crippen molar-refractivity contribution < 1.29 is 17.9 Å². The number of hydrogen-bond acceptors (Lipinski definition) is 5. The van der Waals surface area contributed by atoms with E-state index >= 15 is 0 Å². The number of methoxy groups -OCH3 is 1. The van der Waals surface area contributed by atoms with Crippen molar-refractivity contribution in [3.05, 3.63) is 59.4 Å². The molecule has 0 saturated carbocycles. The van der Waals surface area contributed by atoms with E-state index in [4.69, 9.17) is 4.74 Å². The summed E-state index contributed by atoms with van der Waals surface area (Å²) in [5.74, 6) is 0.0706. The molecule has 2 heterocycles. The molecule has 148 valence electrons. The maximum absolute atomic E-state index is 11.8. The van der Waals surface area contributed by atoms with Crippen LogP contribution in [0.25, 0.3) is 11.0 Å². The van der Waals surface area contributed by atoms with E-state index in [0.29, 0.717) is 22.0 Å². The molecule has 0 amide bonds. The van der Waals surface area contributed by atoms with Crippen molar-refractivity contribution in [2.45, 2.75) is 31.1 Å². The summed E-state index contributed by atoms with van der Waals surface area (Å²) in [4.78, 5) is 19.7. The lowest BCUT2D eigenvalue weighted by molar-refractivity contribution is 0.0600. The summed E-state index contributed by atoms with van der Waals surface area (Å²) in [6.45, 7) is 4.29. The van der Waals surface area contributed by atoms with Crippen molar-refractivity contribution in [1.29, 1.82) is 0 Å². The normalized spacial score (nSPS) is 13.0. The number of pyridine rings is 1. The number of carbonyl (C=O) groups is 1. The van der Waals surface area contributed by atoms with Crippen LogP contribution in [0.1, 0.15) is 47.8 Å². The first-order chi connectivity index (χ1) is 13.2. The van der Waals surface area contributed by atoms with Crippen LogP contribution in [0.15, 0.2) is 47.5 Å². The second-order valence-electron chi connectivity index (χ2n) is 7.40. The maximum Gasteiger partial charge on any atom is 0.339 e. The molecule has 1 atom stereocenters. The molecule has 3 aromatic rings. The molecule has 0 bridgehead atoms. The van der Waals surface area contributed by atoms with Gasteiger partial charge in [-0.3, -0.25) is 0 Å². The molecule has 0 aliphatic carbocycles. The first-order valence-electron chi connectivity index (χ1n) is 9.06. The van der Waals surface area contributed by atoms with Crippen molar-refractivity contribution in [2.75, 3.05) is 13.4 Å². The SMILES string of the molecule is COC(=O)c1cnc2[nH]c(C(CC(C)C)c3ccc(S(C)(=O)=O)cc3)cc2c1. The molecule has 0 saturated heterocycles. The Kier molecular flexibility index (Phi) is 5.56. The van der Waals surface area contributed by atoms with Crippen LogP contribution in [-0.2, 0) is 14.6 Å². The number of aromatic nitrogens is 2. The number of rotatable bonds is 6. The Morgan fingerprint density at radius 1 is 1.18 bits per heavy atom. The third kappa shape index (κ3) is 4.25. The van der Waals surface area contributed by atoms with Gasteiger partial charge >= 0.3 is 5.97 Å². The minimum atomic E-state index is -3.23. The maximum atomic E-state index is 11.8. The molecule has 3 rings (SSSR count). The molecule has 28 heavy (non-hydrogen) atoms.